The van der Waals surface area contributed by atoms with E-state index in [4.69, 9.17) is 16.6 Å². The molecule has 0 radical (unpaired) electrons. The number of pyridine rings is 2. The average molecular weight is 389 g/mol. The van der Waals surface area contributed by atoms with Gasteiger partial charge in [-0.1, -0.05) is 35.9 Å². The topological polar surface area (TPSA) is 33.4 Å². The van der Waals surface area contributed by atoms with Crippen molar-refractivity contribution in [2.75, 3.05) is 18.0 Å². The second kappa shape index (κ2) is 7.28. The number of piperidine rings is 1. The first-order chi connectivity index (χ1) is 13.8. The Labute approximate surface area is 169 Å². The van der Waals surface area contributed by atoms with Crippen molar-refractivity contribution in [3.8, 4) is 11.4 Å². The van der Waals surface area contributed by atoms with E-state index in [2.05, 4.69) is 52.3 Å². The normalized spacial score (nSPS) is 17.2. The fraction of sp³-hybridized carbons (Fsp3) is 0.217. The van der Waals surface area contributed by atoms with Crippen molar-refractivity contribution in [1.29, 1.82) is 0 Å². The number of aromatic nitrogens is 3. The van der Waals surface area contributed by atoms with Gasteiger partial charge in [-0.15, -0.1) is 0 Å². The number of benzene rings is 1. The summed E-state index contributed by atoms with van der Waals surface area (Å²) < 4.78 is 2.01. The Morgan fingerprint density at radius 3 is 2.75 bits per heavy atom. The molecule has 1 saturated heterocycles. The highest BCUT2D eigenvalue weighted by Crippen LogP contribution is 2.30. The second-order valence-electron chi connectivity index (χ2n) is 7.29. The van der Waals surface area contributed by atoms with E-state index in [1.165, 1.54) is 18.5 Å². The summed E-state index contributed by atoms with van der Waals surface area (Å²) in [4.78, 5) is 12.0. The van der Waals surface area contributed by atoms with Crippen LogP contribution in [-0.2, 0) is 0 Å². The molecule has 1 fully saturated rings. The van der Waals surface area contributed by atoms with Crippen LogP contribution in [0.25, 0.3) is 17.0 Å². The lowest BCUT2D eigenvalue weighted by Gasteiger charge is -2.34. The summed E-state index contributed by atoms with van der Waals surface area (Å²) in [7, 11) is 0. The van der Waals surface area contributed by atoms with Gasteiger partial charge in [0.25, 0.3) is 0 Å². The van der Waals surface area contributed by atoms with Gasteiger partial charge in [0.15, 0.2) is 0 Å². The van der Waals surface area contributed by atoms with Crippen LogP contribution in [0.1, 0.15) is 24.5 Å². The zero-order valence-electron chi connectivity index (χ0n) is 15.5. The SMILES string of the molecule is Clc1ccc2ncc(-c3cccc(C4CCCN(c5ccccc5)C4)n3)n2c1. The number of fused-ring (bicyclic) bond motifs is 1. The van der Waals surface area contributed by atoms with Gasteiger partial charge in [-0.25, -0.2) is 4.98 Å². The van der Waals surface area contributed by atoms with Crippen LogP contribution in [0.4, 0.5) is 5.69 Å². The molecule has 1 unspecified atom stereocenters. The summed E-state index contributed by atoms with van der Waals surface area (Å²) in [5.41, 5.74) is 5.22. The molecule has 0 aliphatic carbocycles. The standard InChI is InChI=1S/C23H21ClN4/c24-18-11-12-23-25-14-22(28(23)16-18)21-10-4-9-20(26-21)17-6-5-13-27(15-17)19-7-2-1-3-8-19/h1-4,7-12,14,16-17H,5-6,13,15H2. The molecule has 0 spiro atoms. The lowest BCUT2D eigenvalue weighted by atomic mass is 9.93. The van der Waals surface area contributed by atoms with Crippen LogP contribution in [0.15, 0.2) is 73.1 Å². The van der Waals surface area contributed by atoms with E-state index in [-0.39, 0.29) is 0 Å². The molecular formula is C23H21ClN4. The Bertz CT molecular complexity index is 1110. The molecule has 5 rings (SSSR count). The summed E-state index contributed by atoms with van der Waals surface area (Å²) in [6.07, 6.45) is 6.11. The van der Waals surface area contributed by atoms with Crippen LogP contribution in [0.2, 0.25) is 5.02 Å². The Hall–Kier alpha value is -2.85. The van der Waals surface area contributed by atoms with Crippen molar-refractivity contribution in [1.82, 2.24) is 14.4 Å². The van der Waals surface area contributed by atoms with Crippen LogP contribution in [0, 0.1) is 0 Å². The summed E-state index contributed by atoms with van der Waals surface area (Å²) >= 11 is 6.19. The number of nitrogens with zero attached hydrogens (tertiary/aromatic N) is 4. The van der Waals surface area contributed by atoms with Crippen molar-refractivity contribution in [3.05, 3.63) is 83.8 Å². The van der Waals surface area contributed by atoms with Crippen LogP contribution in [0.5, 0.6) is 0 Å². The van der Waals surface area contributed by atoms with Gasteiger partial charge in [-0.05, 0) is 49.2 Å². The largest absolute Gasteiger partial charge is 0.371 e. The lowest BCUT2D eigenvalue weighted by molar-refractivity contribution is 0.502. The van der Waals surface area contributed by atoms with Crippen molar-refractivity contribution >= 4 is 22.9 Å². The predicted molar refractivity (Wildman–Crippen MR) is 114 cm³/mol. The molecule has 4 aromatic rings. The van der Waals surface area contributed by atoms with E-state index in [1.807, 2.05) is 35.0 Å². The molecule has 5 heteroatoms. The first kappa shape index (κ1) is 17.3. The summed E-state index contributed by atoms with van der Waals surface area (Å²) in [5.74, 6) is 0.427. The van der Waals surface area contributed by atoms with E-state index >= 15 is 0 Å². The first-order valence-electron chi connectivity index (χ1n) is 9.68. The highest BCUT2D eigenvalue weighted by Gasteiger charge is 2.23. The molecule has 1 aromatic carbocycles. The van der Waals surface area contributed by atoms with Crippen LogP contribution < -0.4 is 4.90 Å². The maximum absolute atomic E-state index is 6.19. The third-order valence-corrected chi connectivity index (χ3v) is 5.69. The quantitative estimate of drug-likeness (QED) is 0.469. The summed E-state index contributed by atoms with van der Waals surface area (Å²) in [5, 5.41) is 0.689. The Kier molecular flexibility index (Phi) is 4.49. The maximum Gasteiger partial charge on any atom is 0.137 e. The van der Waals surface area contributed by atoms with Crippen LogP contribution in [-0.4, -0.2) is 27.5 Å². The minimum absolute atomic E-state index is 0.427. The predicted octanol–water partition coefficient (Wildman–Crippen LogP) is 5.43. The van der Waals surface area contributed by atoms with Gasteiger partial charge >= 0.3 is 0 Å². The van der Waals surface area contributed by atoms with Crippen molar-refractivity contribution in [2.45, 2.75) is 18.8 Å². The van der Waals surface area contributed by atoms with Gasteiger partial charge in [-0.2, -0.15) is 0 Å². The Morgan fingerprint density at radius 1 is 0.964 bits per heavy atom. The van der Waals surface area contributed by atoms with E-state index in [9.17, 15) is 0 Å². The van der Waals surface area contributed by atoms with Crippen molar-refractivity contribution in [3.63, 3.8) is 0 Å². The summed E-state index contributed by atoms with van der Waals surface area (Å²) in [6, 6.07) is 20.7. The Morgan fingerprint density at radius 2 is 1.86 bits per heavy atom. The molecule has 1 aliphatic heterocycles. The number of para-hydroxylation sites is 1. The number of halogens is 1. The molecule has 1 atom stereocenters. The highest BCUT2D eigenvalue weighted by molar-refractivity contribution is 6.30. The molecule has 28 heavy (non-hydrogen) atoms. The van der Waals surface area contributed by atoms with Gasteiger partial charge in [0.2, 0.25) is 0 Å². The number of anilines is 1. The van der Waals surface area contributed by atoms with Crippen molar-refractivity contribution in [2.24, 2.45) is 0 Å². The van der Waals surface area contributed by atoms with Crippen LogP contribution in [0.3, 0.4) is 0 Å². The van der Waals surface area contributed by atoms with Gasteiger partial charge in [0, 0.05) is 36.6 Å². The number of imidazole rings is 1. The fourth-order valence-electron chi connectivity index (χ4n) is 4.06. The fourth-order valence-corrected chi connectivity index (χ4v) is 4.22. The zero-order chi connectivity index (χ0) is 18.9. The molecule has 0 amide bonds. The van der Waals surface area contributed by atoms with Gasteiger partial charge in [-0.3, -0.25) is 9.38 Å². The number of rotatable bonds is 3. The second-order valence-corrected chi connectivity index (χ2v) is 7.72. The maximum atomic E-state index is 6.19. The molecule has 3 aromatic heterocycles. The van der Waals surface area contributed by atoms with Gasteiger partial charge in [0.1, 0.15) is 5.65 Å². The molecule has 4 heterocycles. The molecule has 0 bridgehead atoms. The van der Waals surface area contributed by atoms with E-state index < -0.39 is 0 Å². The molecule has 140 valence electrons. The minimum Gasteiger partial charge on any atom is -0.371 e. The third-order valence-electron chi connectivity index (χ3n) is 5.46. The monoisotopic (exact) mass is 388 g/mol. The van der Waals surface area contributed by atoms with Gasteiger partial charge < -0.3 is 4.90 Å². The molecular weight excluding hydrogens is 368 g/mol. The zero-order valence-corrected chi connectivity index (χ0v) is 16.3. The van der Waals surface area contributed by atoms with Crippen LogP contribution >= 0.6 is 11.6 Å². The highest BCUT2D eigenvalue weighted by atomic mass is 35.5. The Balaban J connectivity index is 1.46. The van der Waals surface area contributed by atoms with Gasteiger partial charge in [0.05, 0.1) is 22.6 Å². The molecule has 1 aliphatic rings. The van der Waals surface area contributed by atoms with Crippen molar-refractivity contribution < 1.29 is 0 Å². The molecule has 0 N–H and O–H groups in total. The smallest absolute Gasteiger partial charge is 0.137 e. The first-order valence-corrected chi connectivity index (χ1v) is 10.1. The lowest BCUT2D eigenvalue weighted by Crippen LogP contribution is -2.34. The average Bonchev–Trinajstić information content (AvgIpc) is 3.18. The van der Waals surface area contributed by atoms with E-state index in [0.717, 1.165) is 35.8 Å². The molecule has 4 nitrogen and oxygen atoms in total. The number of hydrogen-bond acceptors (Lipinski definition) is 3. The van der Waals surface area contributed by atoms with E-state index in [0.29, 0.717) is 10.9 Å². The third kappa shape index (κ3) is 3.25. The molecule has 0 saturated carbocycles. The summed E-state index contributed by atoms with van der Waals surface area (Å²) in [6.45, 7) is 2.10. The minimum atomic E-state index is 0.427. The van der Waals surface area contributed by atoms with E-state index in [1.54, 1.807) is 0 Å². The number of hydrogen-bond donors (Lipinski definition) is 0.